The number of benzene rings is 2. The first kappa shape index (κ1) is 19.9. The zero-order valence-electron chi connectivity index (χ0n) is 16.5. The molecule has 2 atom stereocenters. The van der Waals surface area contributed by atoms with Crippen molar-refractivity contribution in [1.29, 1.82) is 0 Å². The number of hydrogen-bond acceptors (Lipinski definition) is 4. The fourth-order valence-corrected chi connectivity index (χ4v) is 3.73. The van der Waals surface area contributed by atoms with Crippen LogP contribution in [0.25, 0.3) is 11.1 Å². The summed E-state index contributed by atoms with van der Waals surface area (Å²) >= 11 is 0. The highest BCUT2D eigenvalue weighted by molar-refractivity contribution is 5.65. The third-order valence-electron chi connectivity index (χ3n) is 5.54. The maximum atomic E-state index is 14.7. The van der Waals surface area contributed by atoms with Crippen molar-refractivity contribution in [3.8, 4) is 11.1 Å². The van der Waals surface area contributed by atoms with Gasteiger partial charge in [0.1, 0.15) is 29.9 Å². The number of rotatable bonds is 6. The fraction of sp³-hybridized carbons (Fsp3) is 0.227. The normalized spacial score (nSPS) is 14.4. The minimum Gasteiger partial charge on any atom is -0.382 e. The van der Waals surface area contributed by atoms with Crippen molar-refractivity contribution in [3.05, 3.63) is 89.8 Å². The van der Waals surface area contributed by atoms with E-state index in [4.69, 9.17) is 0 Å². The summed E-state index contributed by atoms with van der Waals surface area (Å²) < 4.78 is 29.6. The molecule has 8 heteroatoms. The molecule has 0 aliphatic rings. The van der Waals surface area contributed by atoms with Gasteiger partial charge in [0.25, 0.3) is 0 Å². The molecule has 0 saturated carbocycles. The minimum absolute atomic E-state index is 0.00153. The molecule has 0 unspecified atom stereocenters. The number of aromatic amines is 1. The zero-order valence-corrected chi connectivity index (χ0v) is 16.5. The smallest absolute Gasteiger partial charge is 0.137 e. The molecule has 2 aromatic heterocycles. The van der Waals surface area contributed by atoms with E-state index >= 15 is 0 Å². The second-order valence-electron chi connectivity index (χ2n) is 7.39. The molecule has 4 rings (SSSR count). The number of halogens is 2. The molecule has 0 radical (unpaired) electrons. The van der Waals surface area contributed by atoms with Crippen LogP contribution in [0.5, 0.6) is 0 Å². The second kappa shape index (κ2) is 7.79. The largest absolute Gasteiger partial charge is 0.382 e. The molecule has 2 aromatic carbocycles. The lowest BCUT2D eigenvalue weighted by Gasteiger charge is -2.35. The predicted octanol–water partition coefficient (Wildman–Crippen LogP) is 3.95. The highest BCUT2D eigenvalue weighted by Crippen LogP contribution is 2.40. The van der Waals surface area contributed by atoms with Crippen LogP contribution < -0.4 is 0 Å². The molecule has 2 heterocycles. The van der Waals surface area contributed by atoms with Crippen molar-refractivity contribution in [3.63, 3.8) is 0 Å². The van der Waals surface area contributed by atoms with E-state index < -0.39 is 23.2 Å². The molecule has 0 fully saturated rings. The molecule has 6 nitrogen and oxygen atoms in total. The lowest BCUT2D eigenvalue weighted by Crippen LogP contribution is -2.38. The van der Waals surface area contributed by atoms with Gasteiger partial charge < -0.3 is 5.11 Å². The molecular weight excluding hydrogens is 388 g/mol. The lowest BCUT2D eigenvalue weighted by atomic mass is 9.77. The molecule has 154 valence electrons. The van der Waals surface area contributed by atoms with Crippen molar-refractivity contribution in [2.45, 2.75) is 31.9 Å². The topological polar surface area (TPSA) is 79.6 Å². The van der Waals surface area contributed by atoms with Gasteiger partial charge in [-0.05, 0) is 24.1 Å². The standard InChI is InChI=1S/C22H21F2N5O/c1-14(16-3-5-17(6-4-16)19-10-26-28-15(19)2)22(30,11-29-13-25-12-27-29)20-8-7-18(23)9-21(20)24/h3-10,12-14,30H,11H2,1-2H3,(H,26,28)/t14-,22+/m0/s1. The van der Waals surface area contributed by atoms with Crippen LogP contribution in [0.4, 0.5) is 8.78 Å². The van der Waals surface area contributed by atoms with Crippen LogP contribution in [-0.2, 0) is 12.1 Å². The van der Waals surface area contributed by atoms with E-state index in [2.05, 4.69) is 20.3 Å². The number of H-pyrrole nitrogens is 1. The quantitative estimate of drug-likeness (QED) is 0.505. The van der Waals surface area contributed by atoms with E-state index in [0.717, 1.165) is 34.5 Å². The lowest BCUT2D eigenvalue weighted by molar-refractivity contribution is -0.0112. The van der Waals surface area contributed by atoms with Crippen molar-refractivity contribution in [2.75, 3.05) is 0 Å². The molecule has 4 aromatic rings. The van der Waals surface area contributed by atoms with Crippen molar-refractivity contribution in [1.82, 2.24) is 25.0 Å². The number of aromatic nitrogens is 5. The average Bonchev–Trinajstić information content (AvgIpc) is 3.39. The molecular formula is C22H21F2N5O. The van der Waals surface area contributed by atoms with Crippen LogP contribution in [-0.4, -0.2) is 30.1 Å². The first-order valence-electron chi connectivity index (χ1n) is 9.49. The van der Waals surface area contributed by atoms with Crippen molar-refractivity contribution in [2.24, 2.45) is 0 Å². The summed E-state index contributed by atoms with van der Waals surface area (Å²) in [5, 5.41) is 22.7. The second-order valence-corrected chi connectivity index (χ2v) is 7.39. The van der Waals surface area contributed by atoms with E-state index in [-0.39, 0.29) is 12.1 Å². The molecule has 0 spiro atoms. The van der Waals surface area contributed by atoms with Gasteiger partial charge in [-0.25, -0.2) is 18.4 Å². The SMILES string of the molecule is Cc1[nH]ncc1-c1ccc([C@H](C)[C@](O)(Cn2cncn2)c2ccc(F)cc2F)cc1. The van der Waals surface area contributed by atoms with Gasteiger partial charge in [0, 0.05) is 28.8 Å². The number of hydrogen-bond donors (Lipinski definition) is 2. The van der Waals surface area contributed by atoms with Crippen LogP contribution in [0.3, 0.4) is 0 Å². The van der Waals surface area contributed by atoms with E-state index in [1.807, 2.05) is 31.2 Å². The monoisotopic (exact) mass is 409 g/mol. The van der Waals surface area contributed by atoms with Crippen LogP contribution in [0.15, 0.2) is 61.3 Å². The van der Waals surface area contributed by atoms with E-state index in [0.29, 0.717) is 0 Å². The molecule has 2 N–H and O–H groups in total. The molecule has 0 bridgehead atoms. The molecule has 0 saturated heterocycles. The Labute approximate surface area is 172 Å². The highest BCUT2D eigenvalue weighted by Gasteiger charge is 2.40. The Morgan fingerprint density at radius 3 is 2.53 bits per heavy atom. The van der Waals surface area contributed by atoms with Crippen LogP contribution >= 0.6 is 0 Å². The van der Waals surface area contributed by atoms with Gasteiger partial charge >= 0.3 is 0 Å². The number of nitrogens with one attached hydrogen (secondary N) is 1. The number of aryl methyl sites for hydroxylation is 1. The fourth-order valence-electron chi connectivity index (χ4n) is 3.73. The Bertz CT molecular complexity index is 1140. The number of nitrogens with zero attached hydrogens (tertiary/aromatic N) is 4. The zero-order chi connectivity index (χ0) is 21.3. The van der Waals surface area contributed by atoms with Gasteiger partial charge in [-0.15, -0.1) is 0 Å². The van der Waals surface area contributed by atoms with Gasteiger partial charge in [0.15, 0.2) is 0 Å². The highest BCUT2D eigenvalue weighted by atomic mass is 19.1. The maximum absolute atomic E-state index is 14.7. The van der Waals surface area contributed by atoms with Crippen LogP contribution in [0.1, 0.15) is 29.7 Å². The maximum Gasteiger partial charge on any atom is 0.137 e. The Balaban J connectivity index is 1.74. The van der Waals surface area contributed by atoms with Gasteiger partial charge in [0.05, 0.1) is 12.7 Å². The third-order valence-corrected chi connectivity index (χ3v) is 5.54. The summed E-state index contributed by atoms with van der Waals surface area (Å²) in [5.74, 6) is -2.04. The summed E-state index contributed by atoms with van der Waals surface area (Å²) in [4.78, 5) is 3.90. The van der Waals surface area contributed by atoms with E-state index in [1.165, 1.54) is 23.4 Å². The summed E-state index contributed by atoms with van der Waals surface area (Å²) in [7, 11) is 0. The van der Waals surface area contributed by atoms with Gasteiger partial charge in [-0.1, -0.05) is 37.3 Å². The Kier molecular flexibility index (Phi) is 5.17. The summed E-state index contributed by atoms with van der Waals surface area (Å²) in [6.45, 7) is 3.70. The van der Waals surface area contributed by atoms with Gasteiger partial charge in [0.2, 0.25) is 0 Å². The first-order chi connectivity index (χ1) is 14.4. The molecule has 30 heavy (non-hydrogen) atoms. The van der Waals surface area contributed by atoms with Crippen LogP contribution in [0.2, 0.25) is 0 Å². The molecule has 0 aliphatic carbocycles. The predicted molar refractivity (Wildman–Crippen MR) is 107 cm³/mol. The summed E-state index contributed by atoms with van der Waals surface area (Å²) in [6.07, 6.45) is 4.54. The Morgan fingerprint density at radius 2 is 1.93 bits per heavy atom. The van der Waals surface area contributed by atoms with Crippen LogP contribution in [0, 0.1) is 18.6 Å². The Morgan fingerprint density at radius 1 is 1.17 bits per heavy atom. The molecule has 0 aliphatic heterocycles. The Hall–Kier alpha value is -3.39. The van der Waals surface area contributed by atoms with E-state index in [9.17, 15) is 13.9 Å². The van der Waals surface area contributed by atoms with E-state index in [1.54, 1.807) is 13.1 Å². The minimum atomic E-state index is -1.68. The molecule has 0 amide bonds. The average molecular weight is 409 g/mol. The van der Waals surface area contributed by atoms with Crippen molar-refractivity contribution >= 4 is 0 Å². The van der Waals surface area contributed by atoms with Gasteiger partial charge in [-0.2, -0.15) is 10.2 Å². The first-order valence-corrected chi connectivity index (χ1v) is 9.49. The number of aliphatic hydroxyl groups is 1. The van der Waals surface area contributed by atoms with Gasteiger partial charge in [-0.3, -0.25) is 5.10 Å². The third kappa shape index (κ3) is 3.61. The van der Waals surface area contributed by atoms with Crippen molar-refractivity contribution < 1.29 is 13.9 Å². The summed E-state index contributed by atoms with van der Waals surface area (Å²) in [5.41, 5.74) is 2.03. The summed E-state index contributed by atoms with van der Waals surface area (Å²) in [6, 6.07) is 10.8.